The molecule has 2 bridgehead atoms. The van der Waals surface area contributed by atoms with Crippen LogP contribution in [-0.4, -0.2) is 46.3 Å². The molecule has 2 rings (SSSR count). The van der Waals surface area contributed by atoms with Crippen molar-refractivity contribution in [3.05, 3.63) is 0 Å². The van der Waals surface area contributed by atoms with Crippen LogP contribution in [0.4, 0.5) is 0 Å². The Morgan fingerprint density at radius 1 is 1.31 bits per heavy atom. The summed E-state index contributed by atoms with van der Waals surface area (Å²) in [5.41, 5.74) is -1.55. The quantitative estimate of drug-likeness (QED) is 0.592. The van der Waals surface area contributed by atoms with Crippen LogP contribution in [0.25, 0.3) is 0 Å². The largest absolute Gasteiger partial charge is 0.393 e. The summed E-state index contributed by atoms with van der Waals surface area (Å²) in [5.74, 6) is 0. The van der Waals surface area contributed by atoms with E-state index in [1.807, 2.05) is 20.8 Å². The monoisotopic (exact) mass is 188 g/mol. The van der Waals surface area contributed by atoms with Crippen molar-refractivity contribution in [1.82, 2.24) is 0 Å². The van der Waals surface area contributed by atoms with Crippen LogP contribution in [0.15, 0.2) is 0 Å². The average molecular weight is 188 g/mol. The highest BCUT2D eigenvalue weighted by Crippen LogP contribution is 2.49. The van der Waals surface area contributed by atoms with Gasteiger partial charge in [-0.15, -0.1) is 0 Å². The molecule has 2 aliphatic rings. The van der Waals surface area contributed by atoms with Gasteiger partial charge in [0.25, 0.3) is 0 Å². The zero-order valence-electron chi connectivity index (χ0n) is 8.15. The number of fused-ring (bicyclic) bond motifs is 2. The molecule has 0 aromatic carbocycles. The van der Waals surface area contributed by atoms with Gasteiger partial charge in [0, 0.05) is 0 Å². The van der Waals surface area contributed by atoms with Gasteiger partial charge in [-0.1, -0.05) is 0 Å². The van der Waals surface area contributed by atoms with Crippen LogP contribution in [0.5, 0.6) is 0 Å². The van der Waals surface area contributed by atoms with Crippen LogP contribution < -0.4 is 0 Å². The molecule has 2 heterocycles. The maximum Gasteiger partial charge on any atom is 0.148 e. The second-order valence-electron chi connectivity index (χ2n) is 4.41. The Morgan fingerprint density at radius 3 is 2.23 bits per heavy atom. The first kappa shape index (κ1) is 9.40. The lowest BCUT2D eigenvalue weighted by Crippen LogP contribution is -2.57. The fourth-order valence-electron chi connectivity index (χ4n) is 2.41. The standard InChI is InChI=1S/C9H16O4/c1-5-6-7(11)9(4-10,12-5)8(2,3)13-6/h5-7,10-11H,4H2,1-3H3/t5-,6-,7-,9+/m0/s1. The first-order valence-corrected chi connectivity index (χ1v) is 4.59. The molecule has 2 fully saturated rings. The minimum absolute atomic E-state index is 0.143. The van der Waals surface area contributed by atoms with Gasteiger partial charge >= 0.3 is 0 Å². The van der Waals surface area contributed by atoms with E-state index in [0.717, 1.165) is 0 Å². The lowest BCUT2D eigenvalue weighted by atomic mass is 9.84. The van der Waals surface area contributed by atoms with E-state index in [1.165, 1.54) is 0 Å². The van der Waals surface area contributed by atoms with Gasteiger partial charge in [0.1, 0.15) is 17.8 Å². The van der Waals surface area contributed by atoms with Crippen molar-refractivity contribution in [2.24, 2.45) is 0 Å². The third kappa shape index (κ3) is 0.892. The Morgan fingerprint density at radius 2 is 1.92 bits per heavy atom. The Kier molecular flexibility index (Phi) is 1.77. The molecule has 76 valence electrons. The van der Waals surface area contributed by atoms with E-state index in [1.54, 1.807) is 0 Å². The summed E-state index contributed by atoms with van der Waals surface area (Å²) in [6.07, 6.45) is -1.17. The molecular weight excluding hydrogens is 172 g/mol. The fourth-order valence-corrected chi connectivity index (χ4v) is 2.41. The smallest absolute Gasteiger partial charge is 0.148 e. The van der Waals surface area contributed by atoms with Crippen LogP contribution in [-0.2, 0) is 9.47 Å². The molecule has 13 heavy (non-hydrogen) atoms. The van der Waals surface area contributed by atoms with Gasteiger partial charge in [0.2, 0.25) is 0 Å². The topological polar surface area (TPSA) is 58.9 Å². The molecule has 0 aliphatic carbocycles. The molecule has 4 nitrogen and oxygen atoms in total. The van der Waals surface area contributed by atoms with Crippen molar-refractivity contribution >= 4 is 0 Å². The van der Waals surface area contributed by atoms with Crippen LogP contribution in [0, 0.1) is 0 Å². The lowest BCUT2D eigenvalue weighted by Gasteiger charge is -2.41. The van der Waals surface area contributed by atoms with Gasteiger partial charge in [-0.05, 0) is 20.8 Å². The Hall–Kier alpha value is -0.160. The Labute approximate surface area is 77.5 Å². The third-order valence-electron chi connectivity index (χ3n) is 3.33. The molecule has 0 radical (unpaired) electrons. The summed E-state index contributed by atoms with van der Waals surface area (Å²) in [7, 11) is 0. The van der Waals surface area contributed by atoms with E-state index in [4.69, 9.17) is 9.47 Å². The maximum absolute atomic E-state index is 9.88. The normalized spacial score (nSPS) is 52.8. The van der Waals surface area contributed by atoms with Crippen molar-refractivity contribution in [2.45, 2.75) is 50.3 Å². The van der Waals surface area contributed by atoms with Crippen molar-refractivity contribution in [2.75, 3.05) is 6.61 Å². The number of rotatable bonds is 1. The van der Waals surface area contributed by atoms with E-state index in [2.05, 4.69) is 0 Å². The molecule has 0 aromatic rings. The lowest BCUT2D eigenvalue weighted by molar-refractivity contribution is -0.234. The minimum Gasteiger partial charge on any atom is -0.393 e. The number of aliphatic hydroxyl groups is 2. The number of hydrogen-bond acceptors (Lipinski definition) is 4. The van der Waals surface area contributed by atoms with Gasteiger partial charge in [-0.3, -0.25) is 0 Å². The van der Waals surface area contributed by atoms with E-state index in [0.29, 0.717) is 0 Å². The summed E-state index contributed by atoms with van der Waals surface area (Å²) < 4.78 is 11.2. The molecule has 2 aliphatic heterocycles. The summed E-state index contributed by atoms with van der Waals surface area (Å²) in [6, 6.07) is 0. The fraction of sp³-hybridized carbons (Fsp3) is 1.00. The second-order valence-corrected chi connectivity index (χ2v) is 4.41. The van der Waals surface area contributed by atoms with Crippen LogP contribution >= 0.6 is 0 Å². The molecular formula is C9H16O4. The zero-order chi connectivity index (χ0) is 9.85. The van der Waals surface area contributed by atoms with Crippen LogP contribution in [0.1, 0.15) is 20.8 Å². The molecule has 0 amide bonds. The van der Waals surface area contributed by atoms with Gasteiger partial charge in [0.05, 0.1) is 18.3 Å². The number of ether oxygens (including phenoxy) is 2. The minimum atomic E-state index is -0.933. The molecule has 0 aromatic heterocycles. The van der Waals surface area contributed by atoms with Gasteiger partial charge in [-0.2, -0.15) is 0 Å². The molecule has 2 N–H and O–H groups in total. The average Bonchev–Trinajstić information content (AvgIpc) is 2.38. The highest BCUT2D eigenvalue weighted by Gasteiger charge is 2.68. The van der Waals surface area contributed by atoms with Gasteiger partial charge in [0.15, 0.2) is 0 Å². The second kappa shape index (κ2) is 2.45. The molecule has 4 atom stereocenters. The van der Waals surface area contributed by atoms with E-state index >= 15 is 0 Å². The number of hydrogen-bond donors (Lipinski definition) is 2. The molecule has 4 heteroatoms. The van der Waals surface area contributed by atoms with E-state index in [9.17, 15) is 10.2 Å². The van der Waals surface area contributed by atoms with E-state index in [-0.39, 0.29) is 18.8 Å². The Balaban J connectivity index is 2.39. The number of aliphatic hydroxyl groups excluding tert-OH is 2. The van der Waals surface area contributed by atoms with Crippen molar-refractivity contribution in [3.63, 3.8) is 0 Å². The molecule has 0 unspecified atom stereocenters. The van der Waals surface area contributed by atoms with Crippen molar-refractivity contribution in [1.29, 1.82) is 0 Å². The first-order valence-electron chi connectivity index (χ1n) is 4.59. The highest BCUT2D eigenvalue weighted by atomic mass is 16.7. The van der Waals surface area contributed by atoms with E-state index < -0.39 is 17.3 Å². The van der Waals surface area contributed by atoms with Crippen molar-refractivity contribution < 1.29 is 19.7 Å². The predicted molar refractivity (Wildman–Crippen MR) is 45.3 cm³/mol. The molecule has 0 saturated carbocycles. The van der Waals surface area contributed by atoms with Gasteiger partial charge in [-0.25, -0.2) is 0 Å². The predicted octanol–water partition coefficient (Wildman–Crippen LogP) is -0.326. The highest BCUT2D eigenvalue weighted by molar-refractivity contribution is 5.16. The summed E-state index contributed by atoms with van der Waals surface area (Å²) in [5, 5.41) is 19.2. The molecule has 0 spiro atoms. The maximum atomic E-state index is 9.88. The molecule has 2 saturated heterocycles. The van der Waals surface area contributed by atoms with Crippen LogP contribution in [0.3, 0.4) is 0 Å². The SMILES string of the molecule is C[C@@H]1O[C@]2(CO)[C@@H](O)[C@H]1OC2(C)C. The van der Waals surface area contributed by atoms with Crippen LogP contribution in [0.2, 0.25) is 0 Å². The summed E-state index contributed by atoms with van der Waals surface area (Å²) >= 11 is 0. The summed E-state index contributed by atoms with van der Waals surface area (Å²) in [6.45, 7) is 5.30. The van der Waals surface area contributed by atoms with Crippen molar-refractivity contribution in [3.8, 4) is 0 Å². The summed E-state index contributed by atoms with van der Waals surface area (Å²) in [4.78, 5) is 0. The zero-order valence-corrected chi connectivity index (χ0v) is 8.15. The third-order valence-corrected chi connectivity index (χ3v) is 3.33. The Bertz CT molecular complexity index is 228. The van der Waals surface area contributed by atoms with Gasteiger partial charge < -0.3 is 19.7 Å². The first-order chi connectivity index (χ1) is 5.94.